The van der Waals surface area contributed by atoms with E-state index in [0.29, 0.717) is 5.55 Å². The number of fused-ring (bicyclic) bond motifs is 1. The second-order valence-electron chi connectivity index (χ2n) is 5.64. The molecule has 0 radical (unpaired) electrons. The molecule has 0 aliphatic rings. The van der Waals surface area contributed by atoms with Crippen LogP contribution < -0.4 is 16.7 Å². The molecule has 0 unspecified atom stereocenters. The smallest absolute Gasteiger partial charge is 0.246 e. The minimum atomic E-state index is 0.0685. The number of nitrogens with zero attached hydrogens (tertiary/aromatic N) is 2. The Kier molecular flexibility index (Phi) is 5.02. The van der Waals surface area contributed by atoms with E-state index in [1.807, 2.05) is 60.0 Å². The molecule has 0 amide bonds. The lowest BCUT2D eigenvalue weighted by Crippen LogP contribution is -2.27. The molecular formula is C19H13BrN4OS2. The average molecular weight is 457 g/mol. The molecule has 0 saturated carbocycles. The predicted molar refractivity (Wildman–Crippen MR) is 116 cm³/mol. The number of hydrogen-bond donors (Lipinski definition) is 2. The maximum atomic E-state index is 5.94. The zero-order chi connectivity index (χ0) is 18.8. The molecule has 0 saturated heterocycles. The van der Waals surface area contributed by atoms with E-state index in [1.54, 1.807) is 0 Å². The molecule has 8 heteroatoms. The van der Waals surface area contributed by atoms with Gasteiger partial charge in [0.25, 0.3) is 0 Å². The molecule has 0 aliphatic heterocycles. The van der Waals surface area contributed by atoms with Gasteiger partial charge in [-0.25, -0.2) is 4.98 Å². The van der Waals surface area contributed by atoms with Crippen LogP contribution in [-0.4, -0.2) is 10.1 Å². The van der Waals surface area contributed by atoms with E-state index in [2.05, 4.69) is 26.5 Å². The highest BCUT2D eigenvalue weighted by atomic mass is 79.9. The highest BCUT2D eigenvalue weighted by Gasteiger charge is 2.12. The quantitative estimate of drug-likeness (QED) is 0.347. The van der Waals surface area contributed by atoms with Crippen LogP contribution in [-0.2, 0) is 0 Å². The molecule has 4 aromatic rings. The standard InChI is InChI=1S/C19H13BrN4OS2/c20-13-7-5-11(6-8-13)15-10-27-18(22-15)14-9-12-3-1-2-4-16(12)25-17(14)23-24-19(21)26/h1-10H,(H3,21,24,26). The van der Waals surface area contributed by atoms with Crippen LogP contribution in [0.4, 0.5) is 0 Å². The summed E-state index contributed by atoms with van der Waals surface area (Å²) in [6.45, 7) is 0. The molecule has 27 heavy (non-hydrogen) atoms. The maximum Gasteiger partial charge on any atom is 0.246 e. The molecule has 4 rings (SSSR count). The number of para-hydroxylation sites is 1. The van der Waals surface area contributed by atoms with Crippen molar-refractivity contribution in [3.8, 4) is 21.8 Å². The first kappa shape index (κ1) is 17.8. The van der Waals surface area contributed by atoms with Gasteiger partial charge < -0.3 is 10.2 Å². The van der Waals surface area contributed by atoms with Crippen LogP contribution in [0.3, 0.4) is 0 Å². The van der Waals surface area contributed by atoms with Gasteiger partial charge in [0.2, 0.25) is 5.55 Å². The molecule has 0 atom stereocenters. The number of benzene rings is 2. The van der Waals surface area contributed by atoms with Crippen LogP contribution in [0.2, 0.25) is 0 Å². The van der Waals surface area contributed by atoms with E-state index >= 15 is 0 Å². The van der Waals surface area contributed by atoms with Crippen LogP contribution in [0.25, 0.3) is 32.8 Å². The monoisotopic (exact) mass is 456 g/mol. The summed E-state index contributed by atoms with van der Waals surface area (Å²) in [4.78, 5) is 4.77. The third-order valence-corrected chi connectivity index (χ3v) is 5.29. The Balaban J connectivity index is 1.85. The molecule has 5 nitrogen and oxygen atoms in total. The molecule has 2 aromatic heterocycles. The van der Waals surface area contributed by atoms with E-state index in [1.165, 1.54) is 11.3 Å². The fraction of sp³-hybridized carbons (Fsp3) is 0. The summed E-state index contributed by atoms with van der Waals surface area (Å²) in [5.74, 6) is 0. The highest BCUT2D eigenvalue weighted by molar-refractivity contribution is 9.10. The fourth-order valence-electron chi connectivity index (χ4n) is 2.56. The summed E-state index contributed by atoms with van der Waals surface area (Å²) in [5.41, 5.74) is 11.9. The molecule has 2 heterocycles. The number of hydrogen-bond acceptors (Lipinski definition) is 5. The number of nitrogens with two attached hydrogens (primary N) is 1. The Morgan fingerprint density at radius 3 is 2.74 bits per heavy atom. The van der Waals surface area contributed by atoms with Gasteiger partial charge >= 0.3 is 0 Å². The highest BCUT2D eigenvalue weighted by Crippen LogP contribution is 2.29. The number of halogens is 1. The van der Waals surface area contributed by atoms with Gasteiger partial charge in [0, 0.05) is 20.8 Å². The third-order valence-electron chi connectivity index (χ3n) is 3.80. The van der Waals surface area contributed by atoms with E-state index in [-0.39, 0.29) is 5.11 Å². The summed E-state index contributed by atoms with van der Waals surface area (Å²) in [5, 5.41) is 8.04. The Hall–Kier alpha value is -2.55. The van der Waals surface area contributed by atoms with E-state index in [0.717, 1.165) is 37.3 Å². The molecule has 2 aromatic carbocycles. The minimum absolute atomic E-state index is 0.0685. The maximum absolute atomic E-state index is 5.94. The SMILES string of the molecule is NC(=S)NN=c1oc2ccccc2cc1-c1nc(-c2ccc(Br)cc2)cs1. The Morgan fingerprint density at radius 1 is 1.19 bits per heavy atom. The van der Waals surface area contributed by atoms with Crippen molar-refractivity contribution in [3.63, 3.8) is 0 Å². The Labute approximate surface area is 172 Å². The second kappa shape index (κ2) is 7.59. The van der Waals surface area contributed by atoms with Gasteiger partial charge in [-0.1, -0.05) is 46.3 Å². The summed E-state index contributed by atoms with van der Waals surface area (Å²) in [7, 11) is 0. The number of aromatic nitrogens is 1. The Morgan fingerprint density at radius 2 is 1.96 bits per heavy atom. The van der Waals surface area contributed by atoms with Crippen LogP contribution in [0, 0.1) is 0 Å². The lowest BCUT2D eigenvalue weighted by atomic mass is 10.1. The normalized spacial score (nSPS) is 11.7. The van der Waals surface area contributed by atoms with Crippen LogP contribution in [0.5, 0.6) is 0 Å². The fourth-order valence-corrected chi connectivity index (χ4v) is 3.71. The van der Waals surface area contributed by atoms with Crippen LogP contribution in [0.1, 0.15) is 0 Å². The van der Waals surface area contributed by atoms with Crippen molar-refractivity contribution in [2.45, 2.75) is 0 Å². The molecule has 0 aliphatic carbocycles. The predicted octanol–water partition coefficient (Wildman–Crippen LogP) is 4.63. The van der Waals surface area contributed by atoms with Crippen molar-refractivity contribution in [1.82, 2.24) is 10.4 Å². The largest absolute Gasteiger partial charge is 0.436 e. The van der Waals surface area contributed by atoms with E-state index in [4.69, 9.17) is 27.4 Å². The summed E-state index contributed by atoms with van der Waals surface area (Å²) < 4.78 is 6.97. The molecule has 0 spiro atoms. The topological polar surface area (TPSA) is 76.4 Å². The van der Waals surface area contributed by atoms with Gasteiger partial charge in [-0.2, -0.15) is 0 Å². The molecule has 0 fully saturated rings. The molecule has 0 bridgehead atoms. The van der Waals surface area contributed by atoms with Crippen molar-refractivity contribution in [2.75, 3.05) is 0 Å². The zero-order valence-electron chi connectivity index (χ0n) is 13.8. The van der Waals surface area contributed by atoms with Crippen molar-refractivity contribution in [1.29, 1.82) is 0 Å². The van der Waals surface area contributed by atoms with Gasteiger partial charge in [0.1, 0.15) is 10.6 Å². The lowest BCUT2D eigenvalue weighted by molar-refractivity contribution is 0.533. The van der Waals surface area contributed by atoms with Crippen molar-refractivity contribution in [3.05, 3.63) is 70.0 Å². The number of thiocarbonyl (C=S) groups is 1. The van der Waals surface area contributed by atoms with Gasteiger partial charge in [-0.05, 0) is 36.5 Å². The van der Waals surface area contributed by atoms with Gasteiger partial charge in [0.15, 0.2) is 5.11 Å². The average Bonchev–Trinajstić information content (AvgIpc) is 3.16. The summed E-state index contributed by atoms with van der Waals surface area (Å²) in [6.07, 6.45) is 0. The summed E-state index contributed by atoms with van der Waals surface area (Å²) >= 11 is 9.82. The van der Waals surface area contributed by atoms with Crippen LogP contribution in [0.15, 0.2) is 74.0 Å². The van der Waals surface area contributed by atoms with Crippen molar-refractivity contribution in [2.24, 2.45) is 10.8 Å². The van der Waals surface area contributed by atoms with Gasteiger partial charge in [0.05, 0.1) is 11.3 Å². The first-order valence-corrected chi connectivity index (χ1v) is 10.0. The zero-order valence-corrected chi connectivity index (χ0v) is 17.1. The van der Waals surface area contributed by atoms with Gasteiger partial charge in [-0.3, -0.25) is 5.43 Å². The van der Waals surface area contributed by atoms with E-state index < -0.39 is 0 Å². The van der Waals surface area contributed by atoms with E-state index in [9.17, 15) is 0 Å². The number of rotatable bonds is 3. The number of nitrogens with one attached hydrogen (secondary N) is 1. The number of thiazole rings is 1. The summed E-state index contributed by atoms with van der Waals surface area (Å²) in [6, 6.07) is 17.8. The second-order valence-corrected chi connectivity index (χ2v) is 7.85. The third kappa shape index (κ3) is 3.92. The van der Waals surface area contributed by atoms with Crippen LogP contribution >= 0.6 is 39.5 Å². The molecule has 134 valence electrons. The first-order valence-electron chi connectivity index (χ1n) is 7.94. The molecular weight excluding hydrogens is 444 g/mol. The lowest BCUT2D eigenvalue weighted by Gasteiger charge is -2.03. The van der Waals surface area contributed by atoms with Crippen molar-refractivity contribution < 1.29 is 4.42 Å². The van der Waals surface area contributed by atoms with Gasteiger partial charge in [-0.15, -0.1) is 16.4 Å². The van der Waals surface area contributed by atoms with Crippen molar-refractivity contribution >= 4 is 55.6 Å². The molecule has 3 N–H and O–H groups in total. The first-order chi connectivity index (χ1) is 13.1. The Bertz CT molecular complexity index is 1200. The minimum Gasteiger partial charge on any atom is -0.436 e.